The van der Waals surface area contributed by atoms with Crippen molar-refractivity contribution in [3.63, 3.8) is 0 Å². The van der Waals surface area contributed by atoms with E-state index < -0.39 is 24.1 Å². The standard InChI is InChI=1S/C24H34N2O5S/c1-3-31-23(30)19(11-10-18-8-5-4-6-9-18)25-17(2)21(27)26-14-13-24(20(26)22(28)29)12-7-15-32-16-24/h4-6,8-9,17,19-20,25H,3,7,10-16H2,1-2H3,(H,28,29)/t17-,19?,20?,24?/m0/s1. The molecule has 0 aliphatic carbocycles. The number of aryl methyl sites for hydroxylation is 1. The molecule has 2 N–H and O–H groups in total. The van der Waals surface area contributed by atoms with Gasteiger partial charge in [0.25, 0.3) is 0 Å². The van der Waals surface area contributed by atoms with Gasteiger partial charge in [-0.1, -0.05) is 30.3 Å². The van der Waals surface area contributed by atoms with Crippen LogP contribution >= 0.6 is 11.8 Å². The number of esters is 1. The van der Waals surface area contributed by atoms with Crippen molar-refractivity contribution in [2.45, 2.75) is 64.1 Å². The number of nitrogens with one attached hydrogen (secondary N) is 1. The lowest BCUT2D eigenvalue weighted by molar-refractivity contribution is -0.153. The number of carboxylic acids is 1. The molecule has 3 rings (SSSR count). The summed E-state index contributed by atoms with van der Waals surface area (Å²) in [7, 11) is 0. The van der Waals surface area contributed by atoms with Gasteiger partial charge in [-0.2, -0.15) is 11.8 Å². The Morgan fingerprint density at radius 3 is 2.66 bits per heavy atom. The number of carboxylic acid groups (broad SMARTS) is 1. The average molecular weight is 463 g/mol. The number of hydrogen-bond acceptors (Lipinski definition) is 6. The van der Waals surface area contributed by atoms with Crippen molar-refractivity contribution in [2.24, 2.45) is 5.41 Å². The third-order valence-electron chi connectivity index (χ3n) is 6.57. The van der Waals surface area contributed by atoms with E-state index in [0.717, 1.165) is 29.9 Å². The predicted molar refractivity (Wildman–Crippen MR) is 125 cm³/mol. The summed E-state index contributed by atoms with van der Waals surface area (Å²) < 4.78 is 5.22. The van der Waals surface area contributed by atoms with Crippen molar-refractivity contribution >= 4 is 29.6 Å². The molecule has 3 unspecified atom stereocenters. The number of likely N-dealkylation sites (tertiary alicyclic amines) is 1. The third kappa shape index (κ3) is 5.64. The minimum atomic E-state index is -0.934. The number of hydrogen-bond donors (Lipinski definition) is 2. The maximum absolute atomic E-state index is 13.3. The molecule has 0 radical (unpaired) electrons. The average Bonchev–Trinajstić information content (AvgIpc) is 3.15. The van der Waals surface area contributed by atoms with Gasteiger partial charge in [-0.25, -0.2) is 4.79 Å². The van der Waals surface area contributed by atoms with E-state index in [1.165, 1.54) is 4.90 Å². The van der Waals surface area contributed by atoms with Gasteiger partial charge in [-0.05, 0) is 57.3 Å². The van der Waals surface area contributed by atoms with E-state index in [1.807, 2.05) is 30.3 Å². The fourth-order valence-electron chi connectivity index (χ4n) is 4.95. The highest BCUT2D eigenvalue weighted by molar-refractivity contribution is 7.99. The molecule has 1 aromatic carbocycles. The van der Waals surface area contributed by atoms with Crippen LogP contribution in [-0.4, -0.2) is 70.6 Å². The van der Waals surface area contributed by atoms with E-state index in [0.29, 0.717) is 25.8 Å². The molecule has 1 amide bonds. The number of benzene rings is 1. The smallest absolute Gasteiger partial charge is 0.327 e. The predicted octanol–water partition coefficient (Wildman–Crippen LogP) is 2.73. The van der Waals surface area contributed by atoms with Crippen LogP contribution in [0.2, 0.25) is 0 Å². The summed E-state index contributed by atoms with van der Waals surface area (Å²) in [5.41, 5.74) is 0.752. The van der Waals surface area contributed by atoms with E-state index in [4.69, 9.17) is 4.74 Å². The molecule has 0 saturated carbocycles. The molecular weight excluding hydrogens is 428 g/mol. The Bertz CT molecular complexity index is 797. The largest absolute Gasteiger partial charge is 0.480 e. The molecule has 8 heteroatoms. The van der Waals surface area contributed by atoms with Crippen LogP contribution in [0.3, 0.4) is 0 Å². The molecule has 1 aromatic rings. The van der Waals surface area contributed by atoms with Crippen molar-refractivity contribution in [1.29, 1.82) is 0 Å². The highest BCUT2D eigenvalue weighted by Gasteiger charge is 2.53. The molecule has 1 spiro atoms. The summed E-state index contributed by atoms with van der Waals surface area (Å²) in [5, 5.41) is 13.1. The minimum absolute atomic E-state index is 0.262. The summed E-state index contributed by atoms with van der Waals surface area (Å²) in [4.78, 5) is 39.6. The third-order valence-corrected chi connectivity index (χ3v) is 7.93. The van der Waals surface area contributed by atoms with Gasteiger partial charge < -0.3 is 14.7 Å². The van der Waals surface area contributed by atoms with Crippen LogP contribution in [0.1, 0.15) is 45.1 Å². The molecule has 2 aliphatic rings. The fourth-order valence-corrected chi connectivity index (χ4v) is 6.29. The van der Waals surface area contributed by atoms with Crippen molar-refractivity contribution in [1.82, 2.24) is 10.2 Å². The van der Waals surface area contributed by atoms with Gasteiger partial charge >= 0.3 is 11.9 Å². The number of ether oxygens (including phenoxy) is 1. The molecule has 2 saturated heterocycles. The SMILES string of the molecule is CCOC(=O)C(CCc1ccccc1)N[C@@H](C)C(=O)N1CCC2(CCCSC2)C1C(=O)O. The second kappa shape index (κ2) is 11.2. The quantitative estimate of drug-likeness (QED) is 0.545. The molecular formula is C24H34N2O5S. The van der Waals surface area contributed by atoms with Crippen LogP contribution < -0.4 is 5.32 Å². The van der Waals surface area contributed by atoms with Crippen LogP contribution in [-0.2, 0) is 25.5 Å². The molecule has 2 fully saturated rings. The lowest BCUT2D eigenvalue weighted by Crippen LogP contribution is -2.56. The van der Waals surface area contributed by atoms with Gasteiger partial charge in [0.05, 0.1) is 12.6 Å². The Labute approximate surface area is 194 Å². The molecule has 176 valence electrons. The monoisotopic (exact) mass is 462 g/mol. The Hall–Kier alpha value is -2.06. The van der Waals surface area contributed by atoms with E-state index in [-0.39, 0.29) is 23.9 Å². The topological polar surface area (TPSA) is 95.9 Å². The lowest BCUT2D eigenvalue weighted by atomic mass is 9.77. The molecule has 2 aliphatic heterocycles. The lowest BCUT2D eigenvalue weighted by Gasteiger charge is -2.38. The highest BCUT2D eigenvalue weighted by Crippen LogP contribution is 2.46. The molecule has 32 heavy (non-hydrogen) atoms. The number of rotatable bonds is 9. The zero-order valence-corrected chi connectivity index (χ0v) is 19.7. The number of nitrogens with zero attached hydrogens (tertiary/aromatic N) is 1. The van der Waals surface area contributed by atoms with Crippen molar-refractivity contribution < 1.29 is 24.2 Å². The molecule has 0 aromatic heterocycles. The summed E-state index contributed by atoms with van der Waals surface area (Å²) in [6.07, 6.45) is 3.69. The van der Waals surface area contributed by atoms with E-state index >= 15 is 0 Å². The van der Waals surface area contributed by atoms with Crippen LogP contribution in [0.5, 0.6) is 0 Å². The minimum Gasteiger partial charge on any atom is -0.480 e. The maximum Gasteiger partial charge on any atom is 0.327 e. The number of aliphatic carboxylic acids is 1. The maximum atomic E-state index is 13.3. The first-order valence-electron chi connectivity index (χ1n) is 11.5. The Balaban J connectivity index is 1.69. The second-order valence-electron chi connectivity index (χ2n) is 8.76. The van der Waals surface area contributed by atoms with Gasteiger partial charge in [0.15, 0.2) is 0 Å². The molecule has 4 atom stereocenters. The van der Waals surface area contributed by atoms with Gasteiger partial charge in [0.1, 0.15) is 12.1 Å². The zero-order chi connectivity index (χ0) is 23.1. The molecule has 7 nitrogen and oxygen atoms in total. The van der Waals surface area contributed by atoms with Gasteiger partial charge in [0, 0.05) is 17.7 Å². The second-order valence-corrected chi connectivity index (χ2v) is 9.86. The summed E-state index contributed by atoms with van der Waals surface area (Å²) in [5.74, 6) is 0.232. The first-order chi connectivity index (χ1) is 15.4. The highest BCUT2D eigenvalue weighted by atomic mass is 32.2. The summed E-state index contributed by atoms with van der Waals surface area (Å²) in [6, 6.07) is 7.71. The molecule has 0 bridgehead atoms. The number of carbonyl (C=O) groups excluding carboxylic acids is 2. The van der Waals surface area contributed by atoms with Gasteiger partial charge in [-0.15, -0.1) is 0 Å². The van der Waals surface area contributed by atoms with Crippen LogP contribution in [0, 0.1) is 5.41 Å². The van der Waals surface area contributed by atoms with Gasteiger partial charge in [0.2, 0.25) is 5.91 Å². The Morgan fingerprint density at radius 1 is 1.28 bits per heavy atom. The first kappa shape index (κ1) is 24.6. The van der Waals surface area contributed by atoms with Crippen molar-refractivity contribution in [2.75, 3.05) is 24.7 Å². The number of amides is 1. The van der Waals surface area contributed by atoms with E-state index in [2.05, 4.69) is 5.32 Å². The molecule has 2 heterocycles. The normalized spacial score (nSPS) is 24.8. The number of thioether (sulfide) groups is 1. The Morgan fingerprint density at radius 2 is 2.03 bits per heavy atom. The van der Waals surface area contributed by atoms with Crippen molar-refractivity contribution in [3.05, 3.63) is 35.9 Å². The fraction of sp³-hybridized carbons (Fsp3) is 0.625. The van der Waals surface area contributed by atoms with Crippen LogP contribution in [0.4, 0.5) is 0 Å². The van der Waals surface area contributed by atoms with E-state index in [1.54, 1.807) is 25.6 Å². The van der Waals surface area contributed by atoms with Crippen molar-refractivity contribution in [3.8, 4) is 0 Å². The zero-order valence-electron chi connectivity index (χ0n) is 18.9. The summed E-state index contributed by atoms with van der Waals surface area (Å²) in [6.45, 7) is 4.16. The summed E-state index contributed by atoms with van der Waals surface area (Å²) >= 11 is 1.78. The number of carbonyl (C=O) groups is 3. The Kier molecular flexibility index (Phi) is 8.59. The van der Waals surface area contributed by atoms with Crippen LogP contribution in [0.25, 0.3) is 0 Å². The van der Waals surface area contributed by atoms with Gasteiger partial charge in [-0.3, -0.25) is 14.9 Å². The van der Waals surface area contributed by atoms with Crippen LogP contribution in [0.15, 0.2) is 30.3 Å². The first-order valence-corrected chi connectivity index (χ1v) is 12.6. The van der Waals surface area contributed by atoms with E-state index in [9.17, 15) is 19.5 Å².